The average Bonchev–Trinajstić information content (AvgIpc) is 2.76. The van der Waals surface area contributed by atoms with E-state index in [1.165, 1.54) is 11.8 Å². The van der Waals surface area contributed by atoms with Gasteiger partial charge in [0.15, 0.2) is 0 Å². The highest BCUT2D eigenvalue weighted by Crippen LogP contribution is 2.26. The van der Waals surface area contributed by atoms with Crippen LogP contribution < -0.4 is 5.32 Å². The molecule has 3 N–H and O–H groups in total. The molecule has 0 aromatic carbocycles. The minimum atomic E-state index is -1.19. The molecule has 7 heteroatoms. The van der Waals surface area contributed by atoms with Crippen molar-refractivity contribution < 1.29 is 24.6 Å². The van der Waals surface area contributed by atoms with Crippen LogP contribution in [0.4, 0.5) is 0 Å². The molecule has 0 bridgehead atoms. The highest BCUT2D eigenvalue weighted by molar-refractivity contribution is 8.00. The molecule has 0 radical (unpaired) electrons. The van der Waals surface area contributed by atoms with E-state index in [0.717, 1.165) is 18.6 Å². The summed E-state index contributed by atoms with van der Waals surface area (Å²) in [6.07, 6.45) is 1.35. The van der Waals surface area contributed by atoms with Crippen LogP contribution in [0.1, 0.15) is 25.7 Å². The van der Waals surface area contributed by atoms with Gasteiger partial charge in [0.2, 0.25) is 5.91 Å². The van der Waals surface area contributed by atoms with E-state index >= 15 is 0 Å². The summed E-state index contributed by atoms with van der Waals surface area (Å²) in [4.78, 5) is 32.9. The zero-order valence-electron chi connectivity index (χ0n) is 9.22. The van der Waals surface area contributed by atoms with Gasteiger partial charge in [-0.25, -0.2) is 4.79 Å². The summed E-state index contributed by atoms with van der Waals surface area (Å²) in [5, 5.41) is 19.5. The predicted molar refractivity (Wildman–Crippen MR) is 61.9 cm³/mol. The molecule has 1 rings (SSSR count). The Balaban J connectivity index is 2.44. The molecule has 0 spiro atoms. The first-order valence-corrected chi connectivity index (χ1v) is 6.42. The second-order valence-corrected chi connectivity index (χ2v) is 5.14. The fraction of sp³-hybridized carbons (Fsp3) is 0.700. The lowest BCUT2D eigenvalue weighted by Crippen LogP contribution is -2.44. The van der Waals surface area contributed by atoms with Crippen LogP contribution in [-0.2, 0) is 14.4 Å². The fourth-order valence-corrected chi connectivity index (χ4v) is 2.74. The molecule has 1 heterocycles. The van der Waals surface area contributed by atoms with Crippen LogP contribution in [0, 0.1) is 0 Å². The third kappa shape index (κ3) is 4.64. The van der Waals surface area contributed by atoms with Gasteiger partial charge in [0, 0.05) is 6.42 Å². The van der Waals surface area contributed by atoms with Crippen molar-refractivity contribution in [3.63, 3.8) is 0 Å². The normalized spacial score (nSPS) is 20.8. The Morgan fingerprint density at radius 1 is 1.35 bits per heavy atom. The average molecular weight is 261 g/mol. The summed E-state index contributed by atoms with van der Waals surface area (Å²) in [5.41, 5.74) is 0. The van der Waals surface area contributed by atoms with E-state index in [1.807, 2.05) is 0 Å². The maximum atomic E-state index is 11.7. The van der Waals surface area contributed by atoms with Crippen LogP contribution in [-0.4, -0.2) is 45.1 Å². The van der Waals surface area contributed by atoms with Crippen LogP contribution in [0.2, 0.25) is 0 Å². The van der Waals surface area contributed by atoms with Crippen LogP contribution in [0.5, 0.6) is 0 Å². The molecule has 1 fully saturated rings. The number of thioether (sulfide) groups is 1. The number of hydrogen-bond acceptors (Lipinski definition) is 4. The van der Waals surface area contributed by atoms with Gasteiger partial charge in [0.25, 0.3) is 0 Å². The molecule has 0 aliphatic carbocycles. The van der Waals surface area contributed by atoms with Crippen molar-refractivity contribution in [2.24, 2.45) is 0 Å². The van der Waals surface area contributed by atoms with Gasteiger partial charge >= 0.3 is 11.9 Å². The minimum absolute atomic E-state index is 0.0895. The Bertz CT molecular complexity index is 314. The molecule has 2 atom stereocenters. The summed E-state index contributed by atoms with van der Waals surface area (Å²) in [6, 6.07) is -1.11. The van der Waals surface area contributed by atoms with E-state index < -0.39 is 18.0 Å². The summed E-state index contributed by atoms with van der Waals surface area (Å²) >= 11 is 1.51. The molecule has 0 saturated carbocycles. The number of carbonyl (C=O) groups excluding carboxylic acids is 1. The highest BCUT2D eigenvalue weighted by Gasteiger charge is 2.28. The number of aliphatic carboxylic acids is 2. The first-order valence-electron chi connectivity index (χ1n) is 5.37. The van der Waals surface area contributed by atoms with E-state index in [4.69, 9.17) is 10.2 Å². The third-order valence-corrected chi connectivity index (χ3v) is 3.86. The van der Waals surface area contributed by atoms with Crippen molar-refractivity contribution in [1.82, 2.24) is 5.32 Å². The predicted octanol–water partition coefficient (Wildman–Crippen LogP) is 0.316. The van der Waals surface area contributed by atoms with E-state index in [2.05, 4.69) is 5.32 Å². The van der Waals surface area contributed by atoms with Crippen LogP contribution in [0.15, 0.2) is 0 Å². The Labute approximate surface area is 103 Å². The van der Waals surface area contributed by atoms with Gasteiger partial charge in [-0.2, -0.15) is 0 Å². The monoisotopic (exact) mass is 261 g/mol. The SMILES string of the molecule is O=C(O)CCC(NC(=O)C1CCCS1)C(=O)O. The number of rotatable bonds is 6. The van der Waals surface area contributed by atoms with E-state index in [1.54, 1.807) is 0 Å². The van der Waals surface area contributed by atoms with Gasteiger partial charge in [-0.3, -0.25) is 9.59 Å². The lowest BCUT2D eigenvalue weighted by molar-refractivity contribution is -0.143. The molecule has 1 aliphatic heterocycles. The minimum Gasteiger partial charge on any atom is -0.481 e. The molecule has 1 amide bonds. The maximum Gasteiger partial charge on any atom is 0.326 e. The Hall–Kier alpha value is -1.24. The van der Waals surface area contributed by atoms with E-state index in [9.17, 15) is 14.4 Å². The lowest BCUT2D eigenvalue weighted by Gasteiger charge is -2.16. The molecule has 17 heavy (non-hydrogen) atoms. The number of amides is 1. The summed E-state index contributed by atoms with van der Waals surface area (Å²) in [5.74, 6) is -1.65. The van der Waals surface area contributed by atoms with Crippen molar-refractivity contribution >= 4 is 29.6 Å². The molecule has 1 aliphatic rings. The number of carboxylic acids is 2. The van der Waals surface area contributed by atoms with Crippen LogP contribution in [0.3, 0.4) is 0 Å². The van der Waals surface area contributed by atoms with E-state index in [-0.39, 0.29) is 24.0 Å². The Morgan fingerprint density at radius 2 is 2.06 bits per heavy atom. The third-order valence-electron chi connectivity index (χ3n) is 2.48. The van der Waals surface area contributed by atoms with Gasteiger partial charge in [-0.1, -0.05) is 0 Å². The molecule has 1 saturated heterocycles. The summed E-state index contributed by atoms with van der Waals surface area (Å²) < 4.78 is 0. The first-order chi connectivity index (χ1) is 8.00. The summed E-state index contributed by atoms with van der Waals surface area (Å²) in [7, 11) is 0. The number of carbonyl (C=O) groups is 3. The number of nitrogens with one attached hydrogen (secondary N) is 1. The quantitative estimate of drug-likeness (QED) is 0.636. The fourth-order valence-electron chi connectivity index (χ4n) is 1.57. The topological polar surface area (TPSA) is 104 Å². The van der Waals surface area contributed by atoms with Crippen molar-refractivity contribution in [1.29, 1.82) is 0 Å². The summed E-state index contributed by atoms with van der Waals surface area (Å²) in [6.45, 7) is 0. The zero-order chi connectivity index (χ0) is 12.8. The van der Waals surface area contributed by atoms with Gasteiger partial charge in [0.1, 0.15) is 6.04 Å². The van der Waals surface area contributed by atoms with E-state index in [0.29, 0.717) is 0 Å². The lowest BCUT2D eigenvalue weighted by atomic mass is 10.1. The van der Waals surface area contributed by atoms with Crippen molar-refractivity contribution in [2.45, 2.75) is 37.0 Å². The van der Waals surface area contributed by atoms with Gasteiger partial charge in [-0.05, 0) is 25.0 Å². The molecule has 2 unspecified atom stereocenters. The van der Waals surface area contributed by atoms with Crippen molar-refractivity contribution in [3.8, 4) is 0 Å². The standard InChI is InChI=1S/C10H15NO5S/c12-8(13)4-3-6(10(15)16)11-9(14)7-2-1-5-17-7/h6-7H,1-5H2,(H,11,14)(H,12,13)(H,15,16). The van der Waals surface area contributed by atoms with Crippen molar-refractivity contribution in [3.05, 3.63) is 0 Å². The molecule has 0 aromatic rings. The Kier molecular flexibility index (Phi) is 5.27. The largest absolute Gasteiger partial charge is 0.481 e. The Morgan fingerprint density at radius 3 is 2.53 bits per heavy atom. The molecule has 6 nitrogen and oxygen atoms in total. The first kappa shape index (κ1) is 13.8. The van der Waals surface area contributed by atoms with Crippen molar-refractivity contribution in [2.75, 3.05) is 5.75 Å². The van der Waals surface area contributed by atoms with Crippen LogP contribution in [0.25, 0.3) is 0 Å². The molecular weight excluding hydrogens is 246 g/mol. The molecule has 0 aromatic heterocycles. The molecular formula is C10H15NO5S. The van der Waals surface area contributed by atoms with Gasteiger partial charge in [0.05, 0.1) is 5.25 Å². The smallest absolute Gasteiger partial charge is 0.326 e. The van der Waals surface area contributed by atoms with Crippen LogP contribution >= 0.6 is 11.8 Å². The van der Waals surface area contributed by atoms with Gasteiger partial charge < -0.3 is 15.5 Å². The molecule has 96 valence electrons. The van der Waals surface area contributed by atoms with Gasteiger partial charge in [-0.15, -0.1) is 11.8 Å². The maximum absolute atomic E-state index is 11.7. The zero-order valence-corrected chi connectivity index (χ0v) is 10.0. The second kappa shape index (κ2) is 6.48. The second-order valence-electron chi connectivity index (χ2n) is 3.83. The number of carboxylic acid groups (broad SMARTS) is 2. The number of hydrogen-bond donors (Lipinski definition) is 3. The highest BCUT2D eigenvalue weighted by atomic mass is 32.2.